The molecule has 0 amide bonds. The van der Waals surface area contributed by atoms with E-state index in [0.717, 1.165) is 51.9 Å². The number of imidazole rings is 1. The van der Waals surface area contributed by atoms with E-state index in [4.69, 9.17) is 4.98 Å². The lowest BCUT2D eigenvalue weighted by Crippen LogP contribution is -2.00. The number of carbonyl (C=O) groups excluding carboxylic acids is 1. The Morgan fingerprint density at radius 3 is 2.46 bits per heavy atom. The van der Waals surface area contributed by atoms with Crippen LogP contribution in [0.1, 0.15) is 18.3 Å². The van der Waals surface area contributed by atoms with Crippen LogP contribution in [0.5, 0.6) is 0 Å². The van der Waals surface area contributed by atoms with E-state index in [0.29, 0.717) is 6.42 Å². The average Bonchev–Trinajstić information content (AvgIpc) is 3.07. The first kappa shape index (κ1) is 16.1. The first-order valence-electron chi connectivity index (χ1n) is 8.60. The van der Waals surface area contributed by atoms with Gasteiger partial charge in [0.05, 0.1) is 11.0 Å². The zero-order chi connectivity index (χ0) is 17.9. The summed E-state index contributed by atoms with van der Waals surface area (Å²) in [6, 6.07) is 14.3. The Bertz CT molecular complexity index is 1050. The highest BCUT2D eigenvalue weighted by atomic mass is 16.1. The molecule has 0 radical (unpaired) electrons. The molecule has 0 unspecified atom stereocenters. The van der Waals surface area contributed by atoms with E-state index in [1.54, 1.807) is 12.4 Å². The van der Waals surface area contributed by atoms with Crippen molar-refractivity contribution in [2.75, 3.05) is 0 Å². The van der Waals surface area contributed by atoms with E-state index in [1.165, 1.54) is 6.33 Å². The molecule has 0 atom stereocenters. The number of hydrogen-bond acceptors (Lipinski definition) is 4. The van der Waals surface area contributed by atoms with Crippen LogP contribution in [0.25, 0.3) is 27.8 Å². The second-order valence-electron chi connectivity index (χ2n) is 6.08. The van der Waals surface area contributed by atoms with Crippen molar-refractivity contribution >= 4 is 17.3 Å². The maximum atomic E-state index is 10.7. The van der Waals surface area contributed by atoms with Crippen molar-refractivity contribution in [1.82, 2.24) is 19.5 Å². The fourth-order valence-corrected chi connectivity index (χ4v) is 3.16. The molecule has 5 nitrogen and oxygen atoms in total. The predicted molar refractivity (Wildman–Crippen MR) is 101 cm³/mol. The predicted octanol–water partition coefficient (Wildman–Crippen LogP) is 3.79. The Kier molecular flexibility index (Phi) is 4.27. The molecule has 0 aliphatic heterocycles. The van der Waals surface area contributed by atoms with Crippen LogP contribution in [0.3, 0.4) is 0 Å². The summed E-state index contributed by atoms with van der Waals surface area (Å²) in [5, 5.41) is 0. The zero-order valence-corrected chi connectivity index (χ0v) is 14.5. The molecule has 4 aromatic rings. The van der Waals surface area contributed by atoms with Crippen LogP contribution in [-0.4, -0.2) is 25.8 Å². The zero-order valence-electron chi connectivity index (χ0n) is 14.5. The molecule has 0 aliphatic rings. The summed E-state index contributed by atoms with van der Waals surface area (Å²) in [7, 11) is 0. The maximum Gasteiger partial charge on any atom is 0.124 e. The van der Waals surface area contributed by atoms with Crippen molar-refractivity contribution in [2.24, 2.45) is 0 Å². The lowest BCUT2D eigenvalue weighted by molar-refractivity contribution is -0.107. The van der Waals surface area contributed by atoms with E-state index >= 15 is 0 Å². The molecular formula is C21H18N4O. The van der Waals surface area contributed by atoms with E-state index < -0.39 is 0 Å². The second-order valence-corrected chi connectivity index (χ2v) is 6.08. The molecular weight excluding hydrogens is 324 g/mol. The third kappa shape index (κ3) is 2.88. The van der Waals surface area contributed by atoms with Crippen molar-refractivity contribution in [3.63, 3.8) is 0 Å². The molecule has 0 fully saturated rings. The topological polar surface area (TPSA) is 60.7 Å². The summed E-state index contributed by atoms with van der Waals surface area (Å²) in [4.78, 5) is 23.7. The van der Waals surface area contributed by atoms with Gasteiger partial charge < -0.3 is 4.79 Å². The summed E-state index contributed by atoms with van der Waals surface area (Å²) in [5.41, 5.74) is 6.09. The summed E-state index contributed by atoms with van der Waals surface area (Å²) in [6.45, 7) is 2.10. The minimum absolute atomic E-state index is 0.439. The van der Waals surface area contributed by atoms with Crippen LogP contribution in [-0.2, 0) is 17.6 Å². The Morgan fingerprint density at radius 2 is 1.77 bits per heavy atom. The SMILES string of the molecule is CCc1nc2cc(-c3cncnc3)ccc2n1-c1ccc(CC=O)cc1. The molecule has 4 rings (SSSR count). The van der Waals surface area contributed by atoms with Crippen molar-refractivity contribution in [3.8, 4) is 16.8 Å². The van der Waals surface area contributed by atoms with Gasteiger partial charge in [-0.3, -0.25) is 4.57 Å². The van der Waals surface area contributed by atoms with E-state index in [2.05, 4.69) is 39.7 Å². The van der Waals surface area contributed by atoms with Gasteiger partial charge in [0, 0.05) is 36.5 Å². The Morgan fingerprint density at radius 1 is 1.00 bits per heavy atom. The molecule has 2 aromatic carbocycles. The number of rotatable bonds is 5. The molecule has 0 saturated heterocycles. The number of benzene rings is 2. The molecule has 5 heteroatoms. The number of fused-ring (bicyclic) bond motifs is 1. The Balaban J connectivity index is 1.82. The van der Waals surface area contributed by atoms with E-state index in [-0.39, 0.29) is 0 Å². The largest absolute Gasteiger partial charge is 0.303 e. The molecule has 128 valence electrons. The van der Waals surface area contributed by atoms with Gasteiger partial charge in [0.25, 0.3) is 0 Å². The third-order valence-electron chi connectivity index (χ3n) is 4.45. The van der Waals surface area contributed by atoms with Crippen LogP contribution in [0.4, 0.5) is 0 Å². The van der Waals surface area contributed by atoms with Gasteiger partial charge in [0.15, 0.2) is 0 Å². The fourth-order valence-electron chi connectivity index (χ4n) is 3.16. The van der Waals surface area contributed by atoms with Gasteiger partial charge in [-0.1, -0.05) is 25.1 Å². The minimum Gasteiger partial charge on any atom is -0.303 e. The summed E-state index contributed by atoms with van der Waals surface area (Å²) in [5.74, 6) is 1.00. The third-order valence-corrected chi connectivity index (χ3v) is 4.45. The highest BCUT2D eigenvalue weighted by molar-refractivity contribution is 5.84. The second kappa shape index (κ2) is 6.88. The van der Waals surface area contributed by atoms with Gasteiger partial charge in [-0.05, 0) is 35.4 Å². The highest BCUT2D eigenvalue weighted by Crippen LogP contribution is 2.27. The maximum absolute atomic E-state index is 10.7. The van der Waals surface area contributed by atoms with E-state index in [1.807, 2.05) is 24.3 Å². The van der Waals surface area contributed by atoms with Gasteiger partial charge >= 0.3 is 0 Å². The Hall–Kier alpha value is -3.34. The van der Waals surface area contributed by atoms with Crippen molar-refractivity contribution in [2.45, 2.75) is 19.8 Å². The van der Waals surface area contributed by atoms with Crippen LogP contribution < -0.4 is 0 Å². The van der Waals surface area contributed by atoms with Crippen LogP contribution in [0, 0.1) is 0 Å². The number of aromatic nitrogens is 4. The summed E-state index contributed by atoms with van der Waals surface area (Å²) < 4.78 is 2.17. The summed E-state index contributed by atoms with van der Waals surface area (Å²) >= 11 is 0. The quantitative estimate of drug-likeness (QED) is 0.518. The molecule has 0 aliphatic carbocycles. The molecule has 0 N–H and O–H groups in total. The molecule has 0 bridgehead atoms. The molecule has 2 aromatic heterocycles. The summed E-state index contributed by atoms with van der Waals surface area (Å²) in [6.07, 6.45) is 7.33. The minimum atomic E-state index is 0.439. The van der Waals surface area contributed by atoms with Gasteiger partial charge in [-0.25, -0.2) is 15.0 Å². The van der Waals surface area contributed by atoms with Crippen molar-refractivity contribution in [1.29, 1.82) is 0 Å². The average molecular weight is 342 g/mol. The number of carbonyl (C=O) groups is 1. The molecule has 0 spiro atoms. The van der Waals surface area contributed by atoms with Crippen molar-refractivity contribution in [3.05, 3.63) is 72.6 Å². The van der Waals surface area contributed by atoms with Crippen molar-refractivity contribution < 1.29 is 4.79 Å². The fraction of sp³-hybridized carbons (Fsp3) is 0.143. The number of aldehydes is 1. The number of aryl methyl sites for hydroxylation is 1. The van der Waals surface area contributed by atoms with Crippen LogP contribution in [0.2, 0.25) is 0 Å². The van der Waals surface area contributed by atoms with Gasteiger partial charge in [-0.15, -0.1) is 0 Å². The molecule has 26 heavy (non-hydrogen) atoms. The normalized spacial score (nSPS) is 11.0. The smallest absolute Gasteiger partial charge is 0.124 e. The lowest BCUT2D eigenvalue weighted by Gasteiger charge is -2.09. The monoisotopic (exact) mass is 342 g/mol. The van der Waals surface area contributed by atoms with Gasteiger partial charge in [-0.2, -0.15) is 0 Å². The Labute approximate surface area is 151 Å². The van der Waals surface area contributed by atoms with Crippen LogP contribution in [0.15, 0.2) is 61.2 Å². The lowest BCUT2D eigenvalue weighted by atomic mass is 10.1. The van der Waals surface area contributed by atoms with Gasteiger partial charge in [0.2, 0.25) is 0 Å². The molecule has 2 heterocycles. The highest BCUT2D eigenvalue weighted by Gasteiger charge is 2.12. The van der Waals surface area contributed by atoms with E-state index in [9.17, 15) is 4.79 Å². The standard InChI is InChI=1S/C21H18N4O/c1-2-21-24-19-11-16(17-12-22-14-23-13-17)5-8-20(19)25(21)18-6-3-15(4-7-18)9-10-26/h3-8,10-14H,2,9H2,1H3. The first-order valence-corrected chi connectivity index (χ1v) is 8.60. The number of hydrogen-bond donors (Lipinski definition) is 0. The first-order chi connectivity index (χ1) is 12.8. The number of nitrogens with zero attached hydrogens (tertiary/aromatic N) is 4. The molecule has 0 saturated carbocycles. The van der Waals surface area contributed by atoms with Crippen LogP contribution >= 0.6 is 0 Å². The van der Waals surface area contributed by atoms with Gasteiger partial charge in [0.1, 0.15) is 18.4 Å².